The second kappa shape index (κ2) is 4.26. The summed E-state index contributed by atoms with van der Waals surface area (Å²) in [5.41, 5.74) is -0.443. The largest absolute Gasteiger partial charge is 0.389 e. The van der Waals surface area contributed by atoms with Crippen molar-refractivity contribution in [2.24, 2.45) is 11.8 Å². The minimum Gasteiger partial charge on any atom is -0.389 e. The van der Waals surface area contributed by atoms with E-state index >= 15 is 0 Å². The molecule has 0 aromatic carbocycles. The zero-order chi connectivity index (χ0) is 10.9. The van der Waals surface area contributed by atoms with Crippen LogP contribution < -0.4 is 0 Å². The average Bonchev–Trinajstić information content (AvgIpc) is 2.52. The molecule has 2 rings (SSSR count). The molecule has 0 radical (unpaired) electrons. The summed E-state index contributed by atoms with van der Waals surface area (Å²) >= 11 is 1.76. The predicted octanol–water partition coefficient (Wildman–Crippen LogP) is 3.48. The molecule has 84 valence electrons. The third kappa shape index (κ3) is 2.82. The maximum atomic E-state index is 10.6. The average molecular weight is 224 g/mol. The smallest absolute Gasteiger partial charge is 0.0700 e. The summed E-state index contributed by atoms with van der Waals surface area (Å²) in [6, 6.07) is 4.20. The number of hydrogen-bond donors (Lipinski definition) is 1. The molecule has 0 saturated heterocycles. The fourth-order valence-corrected chi connectivity index (χ4v) is 3.96. The van der Waals surface area contributed by atoms with Crippen molar-refractivity contribution in [2.75, 3.05) is 0 Å². The Bertz CT molecular complexity index is 294. The van der Waals surface area contributed by atoms with E-state index < -0.39 is 5.60 Å². The van der Waals surface area contributed by atoms with Crippen LogP contribution in [0.5, 0.6) is 0 Å². The summed E-state index contributed by atoms with van der Waals surface area (Å²) in [6.45, 7) is 4.52. The molecule has 1 N–H and O–H groups in total. The van der Waals surface area contributed by atoms with Crippen LogP contribution in [-0.2, 0) is 6.42 Å². The molecule has 0 bridgehead atoms. The Labute approximate surface area is 96.1 Å². The van der Waals surface area contributed by atoms with Gasteiger partial charge in [0.25, 0.3) is 0 Å². The molecule has 1 fully saturated rings. The van der Waals surface area contributed by atoms with E-state index in [4.69, 9.17) is 0 Å². The van der Waals surface area contributed by atoms with Crippen LogP contribution in [0, 0.1) is 11.8 Å². The predicted molar refractivity (Wildman–Crippen MR) is 65.2 cm³/mol. The second-order valence-electron chi connectivity index (χ2n) is 5.33. The van der Waals surface area contributed by atoms with Gasteiger partial charge in [0.1, 0.15) is 0 Å². The maximum absolute atomic E-state index is 10.6. The fraction of sp³-hybridized carbons (Fsp3) is 0.692. The number of rotatable bonds is 2. The SMILES string of the molecule is CC1CC(C)CC(O)(Cc2cccs2)C1. The van der Waals surface area contributed by atoms with E-state index in [-0.39, 0.29) is 0 Å². The Morgan fingerprint density at radius 2 is 2.07 bits per heavy atom. The van der Waals surface area contributed by atoms with Crippen molar-refractivity contribution >= 4 is 11.3 Å². The van der Waals surface area contributed by atoms with Gasteiger partial charge in [-0.2, -0.15) is 0 Å². The number of hydrogen-bond acceptors (Lipinski definition) is 2. The van der Waals surface area contributed by atoms with Crippen LogP contribution in [-0.4, -0.2) is 10.7 Å². The lowest BCUT2D eigenvalue weighted by Crippen LogP contribution is -2.39. The van der Waals surface area contributed by atoms with Gasteiger partial charge in [0.2, 0.25) is 0 Å². The Kier molecular flexibility index (Phi) is 3.17. The van der Waals surface area contributed by atoms with Crippen LogP contribution in [0.25, 0.3) is 0 Å². The van der Waals surface area contributed by atoms with Crippen molar-refractivity contribution in [3.8, 4) is 0 Å². The molecule has 1 aliphatic carbocycles. The Hall–Kier alpha value is -0.340. The monoisotopic (exact) mass is 224 g/mol. The molecule has 0 spiro atoms. The van der Waals surface area contributed by atoms with Crippen LogP contribution >= 0.6 is 11.3 Å². The van der Waals surface area contributed by atoms with Crippen LogP contribution in [0.15, 0.2) is 17.5 Å². The first-order valence-corrected chi connectivity index (χ1v) is 6.70. The summed E-state index contributed by atoms with van der Waals surface area (Å²) in [6.07, 6.45) is 4.05. The lowest BCUT2D eigenvalue weighted by atomic mass is 9.72. The van der Waals surface area contributed by atoms with Gasteiger partial charge in [-0.1, -0.05) is 19.9 Å². The molecular formula is C13H20OS. The third-order valence-corrected chi connectivity index (χ3v) is 4.22. The highest BCUT2D eigenvalue weighted by atomic mass is 32.1. The summed E-state index contributed by atoms with van der Waals surface area (Å²) < 4.78 is 0. The van der Waals surface area contributed by atoms with E-state index in [0.29, 0.717) is 11.8 Å². The highest BCUT2D eigenvalue weighted by molar-refractivity contribution is 7.09. The Balaban J connectivity index is 2.05. The van der Waals surface area contributed by atoms with Crippen LogP contribution in [0.3, 0.4) is 0 Å². The van der Waals surface area contributed by atoms with E-state index in [1.165, 1.54) is 11.3 Å². The minimum atomic E-state index is -0.443. The van der Waals surface area contributed by atoms with Gasteiger partial charge in [-0.25, -0.2) is 0 Å². The zero-order valence-corrected chi connectivity index (χ0v) is 10.4. The quantitative estimate of drug-likeness (QED) is 0.815. The van der Waals surface area contributed by atoms with E-state index in [1.807, 2.05) is 0 Å². The zero-order valence-electron chi connectivity index (χ0n) is 9.57. The lowest BCUT2D eigenvalue weighted by molar-refractivity contribution is -0.0298. The lowest BCUT2D eigenvalue weighted by Gasteiger charge is -2.38. The van der Waals surface area contributed by atoms with Crippen molar-refractivity contribution in [2.45, 2.75) is 45.1 Å². The van der Waals surface area contributed by atoms with E-state index in [2.05, 4.69) is 31.4 Å². The molecule has 1 heterocycles. The Morgan fingerprint density at radius 3 is 2.60 bits per heavy atom. The van der Waals surface area contributed by atoms with Gasteiger partial charge >= 0.3 is 0 Å². The molecule has 1 nitrogen and oxygen atoms in total. The molecule has 1 aromatic heterocycles. The van der Waals surface area contributed by atoms with Crippen LogP contribution in [0.2, 0.25) is 0 Å². The van der Waals surface area contributed by atoms with Crippen LogP contribution in [0.4, 0.5) is 0 Å². The van der Waals surface area contributed by atoms with Gasteiger partial charge in [0.15, 0.2) is 0 Å². The van der Waals surface area contributed by atoms with Gasteiger partial charge < -0.3 is 5.11 Å². The molecule has 15 heavy (non-hydrogen) atoms. The number of thiophene rings is 1. The van der Waals surface area contributed by atoms with Crippen molar-refractivity contribution in [1.29, 1.82) is 0 Å². The van der Waals surface area contributed by atoms with Crippen molar-refractivity contribution in [3.05, 3.63) is 22.4 Å². The minimum absolute atomic E-state index is 0.443. The summed E-state index contributed by atoms with van der Waals surface area (Å²) in [5, 5.41) is 12.7. The van der Waals surface area contributed by atoms with Gasteiger partial charge in [0, 0.05) is 11.3 Å². The molecule has 2 heteroatoms. The first-order chi connectivity index (χ1) is 7.07. The second-order valence-corrected chi connectivity index (χ2v) is 6.37. The summed E-state index contributed by atoms with van der Waals surface area (Å²) in [4.78, 5) is 1.32. The van der Waals surface area contributed by atoms with Crippen molar-refractivity contribution in [1.82, 2.24) is 0 Å². The van der Waals surface area contributed by atoms with E-state index in [0.717, 1.165) is 19.3 Å². The molecule has 1 aromatic rings. The highest BCUT2D eigenvalue weighted by Crippen LogP contribution is 2.38. The van der Waals surface area contributed by atoms with Gasteiger partial charge in [-0.3, -0.25) is 0 Å². The molecular weight excluding hydrogens is 204 g/mol. The summed E-state index contributed by atoms with van der Waals surface area (Å²) in [7, 11) is 0. The molecule has 2 unspecified atom stereocenters. The third-order valence-electron chi connectivity index (χ3n) is 3.34. The van der Waals surface area contributed by atoms with E-state index in [1.54, 1.807) is 11.3 Å². The molecule has 2 atom stereocenters. The normalized spacial score (nSPS) is 36.7. The van der Waals surface area contributed by atoms with E-state index in [9.17, 15) is 5.11 Å². The molecule has 1 saturated carbocycles. The van der Waals surface area contributed by atoms with Crippen LogP contribution in [0.1, 0.15) is 38.0 Å². The highest BCUT2D eigenvalue weighted by Gasteiger charge is 2.36. The fourth-order valence-electron chi connectivity index (χ4n) is 3.12. The molecule has 0 aliphatic heterocycles. The maximum Gasteiger partial charge on any atom is 0.0700 e. The number of aliphatic hydroxyl groups is 1. The van der Waals surface area contributed by atoms with Crippen molar-refractivity contribution in [3.63, 3.8) is 0 Å². The first kappa shape index (κ1) is 11.2. The van der Waals surface area contributed by atoms with Gasteiger partial charge in [-0.05, 0) is 42.5 Å². The van der Waals surface area contributed by atoms with Crippen molar-refractivity contribution < 1.29 is 5.11 Å². The Morgan fingerprint density at radius 1 is 1.40 bits per heavy atom. The topological polar surface area (TPSA) is 20.2 Å². The van der Waals surface area contributed by atoms with Gasteiger partial charge in [0.05, 0.1) is 5.60 Å². The molecule has 0 amide bonds. The standard InChI is InChI=1S/C13H20OS/c1-10-6-11(2)8-13(14,7-10)9-12-4-3-5-15-12/h3-5,10-11,14H,6-9H2,1-2H3. The first-order valence-electron chi connectivity index (χ1n) is 5.82. The van der Waals surface area contributed by atoms with Gasteiger partial charge in [-0.15, -0.1) is 11.3 Å². The molecule has 1 aliphatic rings. The summed E-state index contributed by atoms with van der Waals surface area (Å²) in [5.74, 6) is 1.33.